The average molecular weight is 296 g/mol. The quantitative estimate of drug-likeness (QED) is 0.273. The molecule has 114 valence electrons. The zero-order valence-corrected chi connectivity index (χ0v) is 12.8. The van der Waals surface area contributed by atoms with Crippen LogP contribution in [0.1, 0.15) is 20.3 Å². The van der Waals surface area contributed by atoms with Gasteiger partial charge in [0.05, 0.1) is 40.3 Å². The van der Waals surface area contributed by atoms with Crippen molar-refractivity contribution < 1.29 is 26.4 Å². The molecule has 0 aromatic heterocycles. The van der Waals surface area contributed by atoms with Gasteiger partial charge in [0.25, 0.3) is 0 Å². The van der Waals surface area contributed by atoms with E-state index in [9.17, 15) is 17.8 Å². The summed E-state index contributed by atoms with van der Waals surface area (Å²) in [6, 6.07) is 0. The van der Waals surface area contributed by atoms with Gasteiger partial charge < -0.3 is 14.4 Å². The van der Waals surface area contributed by atoms with Crippen molar-refractivity contribution in [3.8, 4) is 0 Å². The summed E-state index contributed by atoms with van der Waals surface area (Å²) >= 11 is 0. The lowest BCUT2D eigenvalue weighted by atomic mass is 10.2. The minimum atomic E-state index is -4.59. The highest BCUT2D eigenvalue weighted by Gasteiger charge is 2.15. The van der Waals surface area contributed by atoms with Crippen molar-refractivity contribution in [1.82, 2.24) is 5.32 Å². The summed E-state index contributed by atoms with van der Waals surface area (Å²) in [6.45, 7) is 5.50. The lowest BCUT2D eigenvalue weighted by Gasteiger charge is -2.30. The molecule has 0 radical (unpaired) electrons. The molecule has 0 heterocycles. The number of nitrogens with zero attached hydrogens (tertiary/aromatic N) is 1. The van der Waals surface area contributed by atoms with Crippen molar-refractivity contribution in [2.24, 2.45) is 5.92 Å². The molecular formula is C11H24N2O5S. The van der Waals surface area contributed by atoms with E-state index in [2.05, 4.69) is 9.50 Å². The minimum absolute atomic E-state index is 0.0146. The fourth-order valence-corrected chi connectivity index (χ4v) is 1.77. The minimum Gasteiger partial charge on any atom is -0.726 e. The molecule has 0 rings (SSSR count). The summed E-state index contributed by atoms with van der Waals surface area (Å²) < 4.78 is 35.5. The number of amides is 1. The Morgan fingerprint density at radius 1 is 1.32 bits per heavy atom. The molecule has 0 fully saturated rings. The third kappa shape index (κ3) is 10.9. The van der Waals surface area contributed by atoms with Gasteiger partial charge in [-0.2, -0.15) is 0 Å². The molecule has 0 saturated carbocycles. The monoisotopic (exact) mass is 296 g/mol. The Hall–Kier alpha value is -0.700. The fourth-order valence-electron chi connectivity index (χ4n) is 1.45. The van der Waals surface area contributed by atoms with Gasteiger partial charge in [0.1, 0.15) is 0 Å². The maximum absolute atomic E-state index is 11.4. The second kappa shape index (κ2) is 7.78. The molecule has 1 amide bonds. The first kappa shape index (κ1) is 18.3. The van der Waals surface area contributed by atoms with Crippen LogP contribution in [0.5, 0.6) is 0 Å². The van der Waals surface area contributed by atoms with Crippen LogP contribution >= 0.6 is 0 Å². The Labute approximate surface area is 115 Å². The first-order valence-electron chi connectivity index (χ1n) is 6.23. The molecule has 0 aliphatic carbocycles. The maximum Gasteiger partial charge on any atom is 0.222 e. The standard InChI is InChI=1S/C11H24N2O5S/c1-10(2)11(14)12-6-8-13(3,4)7-5-9-18-19(15,16)17/h10H,5-9H2,1-4H3,(H-,12,14,15,16,17). The van der Waals surface area contributed by atoms with Gasteiger partial charge >= 0.3 is 0 Å². The van der Waals surface area contributed by atoms with Gasteiger partial charge in [-0.25, -0.2) is 8.42 Å². The van der Waals surface area contributed by atoms with Gasteiger partial charge in [-0.05, 0) is 0 Å². The third-order valence-corrected chi connectivity index (χ3v) is 3.13. The molecule has 0 atom stereocenters. The summed E-state index contributed by atoms with van der Waals surface area (Å²) in [5.74, 6) is -0.0212. The van der Waals surface area contributed by atoms with E-state index < -0.39 is 10.4 Å². The van der Waals surface area contributed by atoms with Crippen LogP contribution in [0.3, 0.4) is 0 Å². The van der Waals surface area contributed by atoms with Gasteiger partial charge in [-0.1, -0.05) is 13.8 Å². The first-order chi connectivity index (χ1) is 8.53. The van der Waals surface area contributed by atoms with Gasteiger partial charge in [0.15, 0.2) is 0 Å². The van der Waals surface area contributed by atoms with E-state index >= 15 is 0 Å². The number of hydrogen-bond acceptors (Lipinski definition) is 5. The van der Waals surface area contributed by atoms with Crippen LogP contribution in [0, 0.1) is 5.92 Å². The molecule has 0 spiro atoms. The SMILES string of the molecule is CC(C)C(=O)NCC[N+](C)(C)CCCOS(=O)(=O)[O-]. The van der Waals surface area contributed by atoms with E-state index in [4.69, 9.17) is 0 Å². The smallest absolute Gasteiger partial charge is 0.222 e. The van der Waals surface area contributed by atoms with E-state index in [-0.39, 0.29) is 18.4 Å². The normalized spacial score (nSPS) is 12.7. The lowest BCUT2D eigenvalue weighted by Crippen LogP contribution is -2.46. The molecule has 0 saturated heterocycles. The number of carbonyl (C=O) groups excluding carboxylic acids is 1. The number of rotatable bonds is 9. The number of quaternary nitrogens is 1. The van der Waals surface area contributed by atoms with Crippen LogP contribution in [0.25, 0.3) is 0 Å². The van der Waals surface area contributed by atoms with E-state index in [0.29, 0.717) is 24.0 Å². The molecule has 1 N–H and O–H groups in total. The van der Waals surface area contributed by atoms with E-state index in [1.807, 2.05) is 27.9 Å². The number of nitrogens with one attached hydrogen (secondary N) is 1. The Kier molecular flexibility index (Phi) is 7.50. The average Bonchev–Trinajstić information content (AvgIpc) is 2.22. The van der Waals surface area contributed by atoms with Crippen LogP contribution in [-0.4, -0.2) is 63.7 Å². The van der Waals surface area contributed by atoms with Gasteiger partial charge in [0.2, 0.25) is 16.3 Å². The van der Waals surface area contributed by atoms with Crippen molar-refractivity contribution in [3.63, 3.8) is 0 Å². The van der Waals surface area contributed by atoms with Crippen molar-refractivity contribution in [1.29, 1.82) is 0 Å². The third-order valence-electron chi connectivity index (χ3n) is 2.68. The van der Waals surface area contributed by atoms with E-state index in [1.54, 1.807) is 0 Å². The van der Waals surface area contributed by atoms with Gasteiger partial charge in [-0.3, -0.25) is 8.98 Å². The number of carbonyl (C=O) groups is 1. The highest BCUT2D eigenvalue weighted by molar-refractivity contribution is 7.80. The van der Waals surface area contributed by atoms with Crippen molar-refractivity contribution >= 4 is 16.3 Å². The summed E-state index contributed by atoms with van der Waals surface area (Å²) in [4.78, 5) is 11.4. The van der Waals surface area contributed by atoms with Crippen LogP contribution in [0.15, 0.2) is 0 Å². The number of hydrogen-bond donors (Lipinski definition) is 1. The zero-order valence-electron chi connectivity index (χ0n) is 12.0. The van der Waals surface area contributed by atoms with Gasteiger partial charge in [0, 0.05) is 12.3 Å². The van der Waals surface area contributed by atoms with Crippen LogP contribution in [0.4, 0.5) is 0 Å². The molecule has 0 unspecified atom stereocenters. The molecule has 0 bridgehead atoms. The largest absolute Gasteiger partial charge is 0.726 e. The molecule has 8 heteroatoms. The Morgan fingerprint density at radius 2 is 1.89 bits per heavy atom. The second-order valence-electron chi connectivity index (χ2n) is 5.41. The summed E-state index contributed by atoms with van der Waals surface area (Å²) in [5.41, 5.74) is 0. The van der Waals surface area contributed by atoms with E-state index in [1.165, 1.54) is 0 Å². The van der Waals surface area contributed by atoms with Gasteiger partial charge in [-0.15, -0.1) is 0 Å². The predicted octanol–water partition coefficient (Wildman–Crippen LogP) is -0.298. The molecule has 0 aliphatic heterocycles. The maximum atomic E-state index is 11.4. The summed E-state index contributed by atoms with van der Waals surface area (Å²) in [7, 11) is -0.663. The van der Waals surface area contributed by atoms with Crippen LogP contribution in [-0.2, 0) is 19.4 Å². The Morgan fingerprint density at radius 3 is 2.37 bits per heavy atom. The highest BCUT2D eigenvalue weighted by Crippen LogP contribution is 2.00. The highest BCUT2D eigenvalue weighted by atomic mass is 32.3. The molecule has 7 nitrogen and oxygen atoms in total. The van der Waals surface area contributed by atoms with E-state index in [0.717, 1.165) is 6.54 Å². The Bertz CT molecular complexity index is 379. The lowest BCUT2D eigenvalue weighted by molar-refractivity contribution is -0.889. The van der Waals surface area contributed by atoms with Crippen LogP contribution < -0.4 is 5.32 Å². The second-order valence-corrected chi connectivity index (χ2v) is 6.46. The topological polar surface area (TPSA) is 95.5 Å². The fraction of sp³-hybridized carbons (Fsp3) is 0.909. The van der Waals surface area contributed by atoms with Crippen LogP contribution in [0.2, 0.25) is 0 Å². The first-order valence-corrected chi connectivity index (χ1v) is 7.57. The molecule has 0 aromatic carbocycles. The zero-order chi connectivity index (χ0) is 15.1. The summed E-state index contributed by atoms with van der Waals surface area (Å²) in [6.07, 6.45) is 0.465. The van der Waals surface area contributed by atoms with Crippen molar-refractivity contribution in [2.75, 3.05) is 40.3 Å². The Balaban J connectivity index is 3.83. The predicted molar refractivity (Wildman–Crippen MR) is 70.0 cm³/mol. The van der Waals surface area contributed by atoms with Crippen molar-refractivity contribution in [2.45, 2.75) is 20.3 Å². The number of likely N-dealkylation sites (N-methyl/N-ethyl adjacent to an activating group) is 1. The summed E-state index contributed by atoms with van der Waals surface area (Å²) in [5, 5.41) is 2.82. The molecule has 19 heavy (non-hydrogen) atoms. The molecule has 0 aromatic rings. The molecular weight excluding hydrogens is 272 g/mol. The van der Waals surface area contributed by atoms with Crippen molar-refractivity contribution in [3.05, 3.63) is 0 Å². The molecule has 0 aliphatic rings.